The van der Waals surface area contributed by atoms with Crippen LogP contribution in [0.5, 0.6) is 0 Å². The van der Waals surface area contributed by atoms with Gasteiger partial charge in [-0.2, -0.15) is 0 Å². The van der Waals surface area contributed by atoms with Crippen molar-refractivity contribution in [2.75, 3.05) is 11.9 Å². The van der Waals surface area contributed by atoms with Crippen LogP contribution in [0.2, 0.25) is 0 Å². The zero-order chi connectivity index (χ0) is 21.6. The van der Waals surface area contributed by atoms with Gasteiger partial charge in [-0.25, -0.2) is 0 Å². The molecule has 0 fully saturated rings. The number of aliphatic imine (C=N–C) groups is 1. The fourth-order valence-electron chi connectivity index (χ4n) is 3.49. The van der Waals surface area contributed by atoms with Crippen LogP contribution in [0, 0.1) is 0 Å². The van der Waals surface area contributed by atoms with Gasteiger partial charge in [0.2, 0.25) is 0 Å². The maximum absolute atomic E-state index is 4.71. The first-order chi connectivity index (χ1) is 14.3. The Bertz CT molecular complexity index is 953. The van der Waals surface area contributed by atoms with Crippen molar-refractivity contribution >= 4 is 17.1 Å². The summed E-state index contributed by atoms with van der Waals surface area (Å²) in [7, 11) is 0. The van der Waals surface area contributed by atoms with E-state index in [0.29, 0.717) is 6.54 Å². The summed E-state index contributed by atoms with van der Waals surface area (Å²) in [6, 6.07) is 13.0. The third-order valence-electron chi connectivity index (χ3n) is 5.36. The Morgan fingerprint density at radius 2 is 1.87 bits per heavy atom. The van der Waals surface area contributed by atoms with Crippen molar-refractivity contribution in [3.63, 3.8) is 0 Å². The van der Waals surface area contributed by atoms with E-state index in [9.17, 15) is 0 Å². The fourth-order valence-corrected chi connectivity index (χ4v) is 3.49. The number of aromatic nitrogens is 1. The van der Waals surface area contributed by atoms with Gasteiger partial charge in [0.25, 0.3) is 0 Å². The lowest BCUT2D eigenvalue weighted by molar-refractivity contribution is 0.587. The summed E-state index contributed by atoms with van der Waals surface area (Å²) in [4.78, 5) is 9.08. The second kappa shape index (κ2) is 9.71. The molecule has 0 bridgehead atoms. The van der Waals surface area contributed by atoms with Crippen molar-refractivity contribution in [1.82, 2.24) is 4.98 Å². The molecule has 0 saturated carbocycles. The number of allylic oxidation sites excluding steroid dienone is 4. The normalized spacial score (nSPS) is 14.7. The number of anilines is 1. The number of amidine groups is 1. The van der Waals surface area contributed by atoms with Gasteiger partial charge >= 0.3 is 0 Å². The first-order valence-electron chi connectivity index (χ1n) is 10.7. The molecule has 0 radical (unpaired) electrons. The van der Waals surface area contributed by atoms with E-state index in [1.54, 1.807) is 6.08 Å². The van der Waals surface area contributed by atoms with Crippen LogP contribution in [0.3, 0.4) is 0 Å². The highest BCUT2D eigenvalue weighted by molar-refractivity contribution is 5.93. The summed E-state index contributed by atoms with van der Waals surface area (Å²) in [6.45, 7) is 13.0. The zero-order valence-corrected chi connectivity index (χ0v) is 18.7. The van der Waals surface area contributed by atoms with E-state index in [0.717, 1.165) is 36.5 Å². The van der Waals surface area contributed by atoms with E-state index in [1.807, 2.05) is 13.1 Å². The molecule has 0 unspecified atom stereocenters. The first kappa shape index (κ1) is 21.8. The van der Waals surface area contributed by atoms with Crippen LogP contribution < -0.4 is 5.32 Å². The smallest absolute Gasteiger partial charge is 0.0979 e. The summed E-state index contributed by atoms with van der Waals surface area (Å²) < 4.78 is 0. The molecule has 156 valence electrons. The third-order valence-corrected chi connectivity index (χ3v) is 5.36. The average molecular weight is 400 g/mol. The summed E-state index contributed by atoms with van der Waals surface area (Å²) in [5, 5.41) is 3.32. The van der Waals surface area contributed by atoms with Crippen LogP contribution >= 0.6 is 0 Å². The fraction of sp³-hybridized carbons (Fsp3) is 0.333. The van der Waals surface area contributed by atoms with E-state index >= 15 is 0 Å². The van der Waals surface area contributed by atoms with E-state index in [-0.39, 0.29) is 5.41 Å². The molecule has 1 aliphatic rings. The predicted molar refractivity (Wildman–Crippen MR) is 130 cm³/mol. The highest BCUT2D eigenvalue weighted by Gasteiger charge is 2.15. The van der Waals surface area contributed by atoms with Crippen molar-refractivity contribution in [1.29, 1.82) is 0 Å². The van der Waals surface area contributed by atoms with Crippen molar-refractivity contribution in [2.24, 2.45) is 4.99 Å². The Morgan fingerprint density at radius 3 is 2.43 bits per heavy atom. The molecule has 0 spiro atoms. The van der Waals surface area contributed by atoms with Crippen LogP contribution in [0.4, 0.5) is 5.69 Å². The van der Waals surface area contributed by atoms with Crippen molar-refractivity contribution < 1.29 is 0 Å². The van der Waals surface area contributed by atoms with Crippen LogP contribution in [0.15, 0.2) is 78.0 Å². The van der Waals surface area contributed by atoms with E-state index < -0.39 is 0 Å². The molecule has 0 atom stereocenters. The molecule has 2 aromatic rings. The van der Waals surface area contributed by atoms with Crippen molar-refractivity contribution in [3.05, 3.63) is 89.8 Å². The molecule has 3 nitrogen and oxygen atoms in total. The Hall–Kier alpha value is -2.94. The maximum Gasteiger partial charge on any atom is 0.0979 e. The molecule has 1 aromatic heterocycles. The summed E-state index contributed by atoms with van der Waals surface area (Å²) >= 11 is 0. The number of nitrogens with one attached hydrogen (secondary N) is 1. The van der Waals surface area contributed by atoms with Gasteiger partial charge in [-0.05, 0) is 66.5 Å². The number of hydrogen-bond donors (Lipinski definition) is 1. The minimum Gasteiger partial charge on any atom is -0.344 e. The van der Waals surface area contributed by atoms with Crippen LogP contribution in [0.25, 0.3) is 5.57 Å². The SMILES string of the molecule is C=CC/N=C(/C)Nc1ccc(CC2=CC=C(c3ccc(C(C)(C)C)cn3)CC2)cc1. The molecule has 0 aliphatic heterocycles. The molecule has 0 amide bonds. The van der Waals surface area contributed by atoms with Crippen LogP contribution in [0.1, 0.15) is 57.4 Å². The standard InChI is InChI=1S/C27H33N3/c1-6-17-28-20(2)30-25-14-9-22(10-15-25)18-21-7-11-23(12-8-21)26-16-13-24(19-29-26)27(3,4)5/h6-7,9-11,13-16,19H,1,8,12,17-18H2,2-5H3,(H,28,30). The van der Waals surface area contributed by atoms with Gasteiger partial charge in [0.1, 0.15) is 0 Å². The number of benzene rings is 1. The molecule has 1 N–H and O–H groups in total. The van der Waals surface area contributed by atoms with Crippen LogP contribution in [-0.4, -0.2) is 17.4 Å². The van der Waals surface area contributed by atoms with E-state index in [2.05, 4.69) is 86.2 Å². The lowest BCUT2D eigenvalue weighted by Crippen LogP contribution is -2.11. The molecular formula is C27H33N3. The van der Waals surface area contributed by atoms with E-state index in [4.69, 9.17) is 4.98 Å². The van der Waals surface area contributed by atoms with Crippen molar-refractivity contribution in [3.8, 4) is 0 Å². The van der Waals surface area contributed by atoms with Gasteiger partial charge in [-0.3, -0.25) is 9.98 Å². The largest absolute Gasteiger partial charge is 0.344 e. The molecule has 3 heteroatoms. The number of nitrogens with zero attached hydrogens (tertiary/aromatic N) is 2. The Labute approximate surface area is 181 Å². The maximum atomic E-state index is 4.71. The number of hydrogen-bond acceptors (Lipinski definition) is 2. The highest BCUT2D eigenvalue weighted by atomic mass is 15.0. The zero-order valence-electron chi connectivity index (χ0n) is 18.7. The molecule has 1 aliphatic carbocycles. The van der Waals surface area contributed by atoms with Gasteiger partial charge in [0, 0.05) is 11.9 Å². The van der Waals surface area contributed by atoms with Crippen molar-refractivity contribution in [2.45, 2.75) is 52.4 Å². The molecule has 30 heavy (non-hydrogen) atoms. The molecular weight excluding hydrogens is 366 g/mol. The predicted octanol–water partition coefficient (Wildman–Crippen LogP) is 6.74. The quantitative estimate of drug-likeness (QED) is 0.332. The number of rotatable bonds is 6. The minimum atomic E-state index is 0.141. The van der Waals surface area contributed by atoms with Gasteiger partial charge in [-0.15, -0.1) is 6.58 Å². The topological polar surface area (TPSA) is 37.3 Å². The molecule has 1 aromatic carbocycles. The number of pyridine rings is 1. The van der Waals surface area contributed by atoms with Crippen LogP contribution in [-0.2, 0) is 11.8 Å². The Morgan fingerprint density at radius 1 is 1.10 bits per heavy atom. The minimum absolute atomic E-state index is 0.141. The second-order valence-electron chi connectivity index (χ2n) is 8.91. The molecule has 0 saturated heterocycles. The summed E-state index contributed by atoms with van der Waals surface area (Å²) in [6.07, 6.45) is 11.5. The second-order valence-corrected chi connectivity index (χ2v) is 8.91. The lowest BCUT2D eigenvalue weighted by atomic mass is 9.87. The third kappa shape index (κ3) is 6.03. The summed E-state index contributed by atoms with van der Waals surface area (Å²) in [5.41, 5.74) is 7.70. The van der Waals surface area contributed by atoms with Gasteiger partial charge in [0.05, 0.1) is 18.1 Å². The monoisotopic (exact) mass is 399 g/mol. The van der Waals surface area contributed by atoms with E-state index in [1.165, 1.54) is 22.3 Å². The molecule has 1 heterocycles. The van der Waals surface area contributed by atoms with Gasteiger partial charge in [-0.1, -0.05) is 62.8 Å². The lowest BCUT2D eigenvalue weighted by Gasteiger charge is -2.19. The highest BCUT2D eigenvalue weighted by Crippen LogP contribution is 2.29. The summed E-state index contributed by atoms with van der Waals surface area (Å²) in [5.74, 6) is 0.902. The van der Waals surface area contributed by atoms with Gasteiger partial charge < -0.3 is 5.32 Å². The molecule has 3 rings (SSSR count). The Balaban J connectivity index is 1.61. The van der Waals surface area contributed by atoms with Gasteiger partial charge in [0.15, 0.2) is 0 Å². The average Bonchev–Trinajstić information content (AvgIpc) is 2.74. The Kier molecular flexibility index (Phi) is 7.04. The first-order valence-corrected chi connectivity index (χ1v) is 10.7.